The molecule has 1 unspecified atom stereocenters. The van der Waals surface area contributed by atoms with Gasteiger partial charge in [-0.1, -0.05) is 23.2 Å². The molecule has 0 bridgehead atoms. The highest BCUT2D eigenvalue weighted by atomic mass is 35.5. The molecule has 0 amide bonds. The van der Waals surface area contributed by atoms with Crippen LogP contribution in [0.4, 0.5) is 8.78 Å². The van der Waals surface area contributed by atoms with Gasteiger partial charge in [0.25, 0.3) is 0 Å². The van der Waals surface area contributed by atoms with Gasteiger partial charge in [0.05, 0.1) is 6.54 Å². The maximum absolute atomic E-state index is 14.6. The summed E-state index contributed by atoms with van der Waals surface area (Å²) in [6.45, 7) is 1.80. The molecular formula is C25H25ClF2N4O3. The van der Waals surface area contributed by atoms with Crippen molar-refractivity contribution in [3.8, 4) is 5.75 Å². The van der Waals surface area contributed by atoms with E-state index in [4.69, 9.17) is 16.3 Å². The predicted octanol–water partition coefficient (Wildman–Crippen LogP) is 4.12. The molecule has 0 radical (unpaired) electrons. The van der Waals surface area contributed by atoms with Gasteiger partial charge in [-0.15, -0.1) is 0 Å². The maximum atomic E-state index is 14.6. The van der Waals surface area contributed by atoms with Crippen LogP contribution in [-0.2, 0) is 16.9 Å². The van der Waals surface area contributed by atoms with Gasteiger partial charge in [-0.3, -0.25) is 0 Å². The minimum atomic E-state index is -1.61. The highest BCUT2D eigenvalue weighted by molar-refractivity contribution is 6.30. The van der Waals surface area contributed by atoms with Crippen molar-refractivity contribution in [1.29, 1.82) is 0 Å². The van der Waals surface area contributed by atoms with E-state index in [1.165, 1.54) is 29.5 Å². The number of rotatable bonds is 8. The summed E-state index contributed by atoms with van der Waals surface area (Å²) >= 11 is 5.84. The first-order valence-corrected chi connectivity index (χ1v) is 11.6. The number of aliphatic hydroxyl groups is 1. The molecule has 1 aliphatic heterocycles. The molecule has 1 aromatic heterocycles. The highest BCUT2D eigenvalue weighted by Crippen LogP contribution is 2.31. The zero-order chi connectivity index (χ0) is 24.8. The van der Waals surface area contributed by atoms with Crippen molar-refractivity contribution >= 4 is 17.6 Å². The Labute approximate surface area is 206 Å². The van der Waals surface area contributed by atoms with Crippen LogP contribution in [0, 0.1) is 11.6 Å². The average Bonchev–Trinajstić information content (AvgIpc) is 3.33. The van der Waals surface area contributed by atoms with E-state index in [0.717, 1.165) is 17.7 Å². The molecular weight excluding hydrogens is 478 g/mol. The summed E-state index contributed by atoms with van der Waals surface area (Å²) in [6, 6.07) is 9.73. The Hall–Kier alpha value is -3.14. The summed E-state index contributed by atoms with van der Waals surface area (Å²) in [5.41, 5.74) is -0.621. The van der Waals surface area contributed by atoms with Crippen LogP contribution in [0.1, 0.15) is 24.8 Å². The maximum Gasteiger partial charge on any atom is 0.336 e. The van der Waals surface area contributed by atoms with Crippen LogP contribution in [0.2, 0.25) is 5.02 Å². The van der Waals surface area contributed by atoms with Crippen molar-refractivity contribution in [3.05, 3.63) is 89.0 Å². The van der Waals surface area contributed by atoms with Crippen LogP contribution in [0.25, 0.3) is 0 Å². The van der Waals surface area contributed by atoms with Gasteiger partial charge in [0.1, 0.15) is 35.6 Å². The molecule has 4 rings (SSSR count). The van der Waals surface area contributed by atoms with Gasteiger partial charge < -0.3 is 14.7 Å². The van der Waals surface area contributed by atoms with E-state index < -0.39 is 23.2 Å². The van der Waals surface area contributed by atoms with Gasteiger partial charge in [-0.2, -0.15) is 5.10 Å². The number of esters is 1. The molecule has 2 heterocycles. The number of carbonyl (C=O) groups is 1. The molecule has 0 aliphatic carbocycles. The van der Waals surface area contributed by atoms with Crippen LogP contribution in [0.3, 0.4) is 0 Å². The van der Waals surface area contributed by atoms with Gasteiger partial charge in [0, 0.05) is 42.4 Å². The van der Waals surface area contributed by atoms with E-state index in [-0.39, 0.29) is 18.5 Å². The van der Waals surface area contributed by atoms with Gasteiger partial charge in [-0.25, -0.2) is 23.2 Å². The second kappa shape index (κ2) is 11.1. The van der Waals surface area contributed by atoms with Crippen molar-refractivity contribution < 1.29 is 23.4 Å². The fraction of sp³-hybridized carbons (Fsp3) is 0.320. The molecule has 0 spiro atoms. The minimum absolute atomic E-state index is 0.0111. The molecule has 1 N–H and O–H groups in total. The third-order valence-electron chi connectivity index (χ3n) is 6.02. The largest absolute Gasteiger partial charge is 0.423 e. The van der Waals surface area contributed by atoms with Gasteiger partial charge >= 0.3 is 5.97 Å². The summed E-state index contributed by atoms with van der Waals surface area (Å²) in [5, 5.41) is 16.0. The molecule has 1 aliphatic rings. The number of aromatic nitrogens is 3. The van der Waals surface area contributed by atoms with Crippen LogP contribution in [0.5, 0.6) is 5.75 Å². The van der Waals surface area contributed by atoms with Crippen molar-refractivity contribution in [2.75, 3.05) is 19.6 Å². The minimum Gasteiger partial charge on any atom is -0.423 e. The van der Waals surface area contributed by atoms with Crippen LogP contribution >= 0.6 is 11.6 Å². The van der Waals surface area contributed by atoms with Gasteiger partial charge in [0.15, 0.2) is 0 Å². The molecule has 184 valence electrons. The lowest BCUT2D eigenvalue weighted by molar-refractivity contribution is -0.129. The van der Waals surface area contributed by atoms with Crippen molar-refractivity contribution in [3.63, 3.8) is 0 Å². The predicted molar refractivity (Wildman–Crippen MR) is 126 cm³/mol. The lowest BCUT2D eigenvalue weighted by Crippen LogP contribution is -2.39. The second-order valence-electron chi connectivity index (χ2n) is 8.52. The van der Waals surface area contributed by atoms with Crippen LogP contribution in [-0.4, -0.2) is 50.4 Å². The standard InChI is InChI=1S/C25H25ClF2N4O3/c26-19-1-4-21(5-2-19)35-24(33)13-18-7-10-31(11-8-18)12-9-25(34,15-32-17-29-16-30-32)22-6-3-20(27)14-23(22)28/h1-6,13-14,16-17,34H,7-12,15H2. The zero-order valence-corrected chi connectivity index (χ0v) is 19.7. The number of piperidine rings is 1. The molecule has 1 fully saturated rings. The zero-order valence-electron chi connectivity index (χ0n) is 18.9. The molecule has 1 saturated heterocycles. The Bertz CT molecular complexity index is 1180. The first-order valence-electron chi connectivity index (χ1n) is 11.2. The molecule has 35 heavy (non-hydrogen) atoms. The first kappa shape index (κ1) is 25.0. The molecule has 3 aromatic rings. The Morgan fingerprint density at radius 1 is 1.17 bits per heavy atom. The normalized spacial score (nSPS) is 16.1. The van der Waals surface area contributed by atoms with E-state index in [0.29, 0.717) is 43.2 Å². The van der Waals surface area contributed by atoms with Gasteiger partial charge in [0.2, 0.25) is 0 Å². The van der Waals surface area contributed by atoms with E-state index in [9.17, 15) is 18.7 Å². The molecule has 7 nitrogen and oxygen atoms in total. The lowest BCUT2D eigenvalue weighted by Gasteiger charge is -2.34. The number of hydrogen-bond acceptors (Lipinski definition) is 6. The first-order chi connectivity index (χ1) is 16.8. The van der Waals surface area contributed by atoms with E-state index >= 15 is 0 Å². The van der Waals surface area contributed by atoms with Gasteiger partial charge in [-0.05, 0) is 49.6 Å². The Morgan fingerprint density at radius 2 is 1.91 bits per heavy atom. The van der Waals surface area contributed by atoms with Crippen molar-refractivity contribution in [2.24, 2.45) is 0 Å². The third-order valence-corrected chi connectivity index (χ3v) is 6.27. The molecule has 10 heteroatoms. The van der Waals surface area contributed by atoms with E-state index in [1.807, 2.05) is 0 Å². The number of nitrogens with zero attached hydrogens (tertiary/aromatic N) is 4. The third kappa shape index (κ3) is 6.72. The monoisotopic (exact) mass is 502 g/mol. The fourth-order valence-electron chi connectivity index (χ4n) is 4.11. The average molecular weight is 503 g/mol. The summed E-state index contributed by atoms with van der Waals surface area (Å²) in [6.07, 6.45) is 5.82. The molecule has 0 saturated carbocycles. The number of likely N-dealkylation sites (tertiary alicyclic amines) is 1. The Morgan fingerprint density at radius 3 is 2.57 bits per heavy atom. The highest BCUT2D eigenvalue weighted by Gasteiger charge is 2.34. The molecule has 2 aromatic carbocycles. The number of benzene rings is 2. The second-order valence-corrected chi connectivity index (χ2v) is 8.95. The number of carbonyl (C=O) groups excluding carboxylic acids is 1. The number of hydrogen-bond donors (Lipinski definition) is 1. The number of halogens is 3. The summed E-state index contributed by atoms with van der Waals surface area (Å²) in [7, 11) is 0. The smallest absolute Gasteiger partial charge is 0.336 e. The van der Waals surface area contributed by atoms with Crippen molar-refractivity contribution in [2.45, 2.75) is 31.4 Å². The quantitative estimate of drug-likeness (QED) is 0.283. The lowest BCUT2D eigenvalue weighted by atomic mass is 9.89. The van der Waals surface area contributed by atoms with Crippen LogP contribution < -0.4 is 4.74 Å². The van der Waals surface area contributed by atoms with E-state index in [2.05, 4.69) is 15.0 Å². The topological polar surface area (TPSA) is 80.5 Å². The summed E-state index contributed by atoms with van der Waals surface area (Å²) < 4.78 is 34.8. The number of ether oxygens (including phenoxy) is 1. The fourth-order valence-corrected chi connectivity index (χ4v) is 4.24. The van der Waals surface area contributed by atoms with Crippen molar-refractivity contribution in [1.82, 2.24) is 19.7 Å². The Kier molecular flexibility index (Phi) is 7.90. The molecule has 1 atom stereocenters. The SMILES string of the molecule is O=C(C=C1CCN(CCC(O)(Cn2cncn2)c2ccc(F)cc2F)CC1)Oc1ccc(Cl)cc1. The summed E-state index contributed by atoms with van der Waals surface area (Å²) in [5.74, 6) is -1.53. The van der Waals surface area contributed by atoms with Crippen LogP contribution in [0.15, 0.2) is 66.8 Å². The Balaban J connectivity index is 1.35. The summed E-state index contributed by atoms with van der Waals surface area (Å²) in [4.78, 5) is 18.2. The van der Waals surface area contributed by atoms with E-state index in [1.54, 1.807) is 24.3 Å².